The molecule has 28 heavy (non-hydrogen) atoms. The lowest BCUT2D eigenvalue weighted by Gasteiger charge is -2.34. The Kier molecular flexibility index (Phi) is 6.73. The third-order valence-electron chi connectivity index (χ3n) is 4.27. The van der Waals surface area contributed by atoms with Crippen molar-refractivity contribution in [3.63, 3.8) is 0 Å². The summed E-state index contributed by atoms with van der Waals surface area (Å²) in [6, 6.07) is 11.3. The van der Waals surface area contributed by atoms with Gasteiger partial charge in [-0.05, 0) is 30.3 Å². The van der Waals surface area contributed by atoms with Gasteiger partial charge >= 0.3 is 0 Å². The molecular formula is C18H17Cl3N2O4S. The van der Waals surface area contributed by atoms with Crippen LogP contribution in [0.1, 0.15) is 0 Å². The average Bonchev–Trinajstić information content (AvgIpc) is 2.66. The van der Waals surface area contributed by atoms with Crippen molar-refractivity contribution >= 4 is 50.7 Å². The van der Waals surface area contributed by atoms with Gasteiger partial charge in [-0.3, -0.25) is 4.79 Å². The lowest BCUT2D eigenvalue weighted by molar-refractivity contribution is -0.134. The van der Waals surface area contributed by atoms with Crippen molar-refractivity contribution in [1.29, 1.82) is 0 Å². The molecule has 2 aromatic carbocycles. The Bertz CT molecular complexity index is 956. The Balaban J connectivity index is 1.60. The number of hydrogen-bond acceptors (Lipinski definition) is 4. The number of rotatable bonds is 5. The molecule has 0 N–H and O–H groups in total. The molecule has 10 heteroatoms. The maximum Gasteiger partial charge on any atom is 0.260 e. The van der Waals surface area contributed by atoms with Crippen molar-refractivity contribution < 1.29 is 17.9 Å². The second kappa shape index (κ2) is 8.88. The zero-order chi connectivity index (χ0) is 20.3. The number of carbonyl (C=O) groups is 1. The monoisotopic (exact) mass is 462 g/mol. The van der Waals surface area contributed by atoms with E-state index >= 15 is 0 Å². The summed E-state index contributed by atoms with van der Waals surface area (Å²) in [4.78, 5) is 13.8. The van der Waals surface area contributed by atoms with Crippen LogP contribution in [-0.2, 0) is 14.8 Å². The summed E-state index contributed by atoms with van der Waals surface area (Å²) in [5, 5.41) is 0.656. The van der Waals surface area contributed by atoms with Crippen LogP contribution in [0.2, 0.25) is 15.1 Å². The SMILES string of the molecule is O=C(COc1cccc(Cl)c1)N1CCN(S(=O)(=O)c2c(Cl)cccc2Cl)CC1. The number of ether oxygens (including phenoxy) is 1. The Hall–Kier alpha value is -1.51. The molecule has 150 valence electrons. The summed E-state index contributed by atoms with van der Waals surface area (Å²) in [6.45, 7) is 0.640. The first-order chi connectivity index (χ1) is 13.3. The van der Waals surface area contributed by atoms with Crippen molar-refractivity contribution in [1.82, 2.24) is 9.21 Å². The van der Waals surface area contributed by atoms with Crippen molar-refractivity contribution in [3.05, 3.63) is 57.5 Å². The quantitative estimate of drug-likeness (QED) is 0.680. The van der Waals surface area contributed by atoms with E-state index in [1.165, 1.54) is 16.4 Å². The molecule has 2 aromatic rings. The van der Waals surface area contributed by atoms with Gasteiger partial charge in [0.1, 0.15) is 10.6 Å². The zero-order valence-electron chi connectivity index (χ0n) is 14.6. The Labute approximate surface area is 178 Å². The molecule has 0 radical (unpaired) electrons. The fraction of sp³-hybridized carbons (Fsp3) is 0.278. The fourth-order valence-corrected chi connectivity index (χ4v) is 5.52. The third-order valence-corrected chi connectivity index (χ3v) is 7.36. The summed E-state index contributed by atoms with van der Waals surface area (Å²) >= 11 is 18.0. The van der Waals surface area contributed by atoms with Crippen LogP contribution in [0.15, 0.2) is 47.4 Å². The number of hydrogen-bond donors (Lipinski definition) is 0. The van der Waals surface area contributed by atoms with Gasteiger partial charge in [-0.15, -0.1) is 0 Å². The smallest absolute Gasteiger partial charge is 0.260 e. The summed E-state index contributed by atoms with van der Waals surface area (Å²) in [7, 11) is -3.85. The Morgan fingerprint density at radius 3 is 2.18 bits per heavy atom. The normalized spacial score (nSPS) is 15.5. The number of halogens is 3. The highest BCUT2D eigenvalue weighted by Gasteiger charge is 2.33. The van der Waals surface area contributed by atoms with Gasteiger partial charge < -0.3 is 9.64 Å². The van der Waals surface area contributed by atoms with Crippen molar-refractivity contribution in [2.75, 3.05) is 32.8 Å². The molecule has 0 bridgehead atoms. The fourth-order valence-electron chi connectivity index (χ4n) is 2.83. The minimum atomic E-state index is -3.85. The summed E-state index contributed by atoms with van der Waals surface area (Å²) < 4.78 is 32.5. The number of piperazine rings is 1. The molecule has 1 heterocycles. The van der Waals surface area contributed by atoms with Crippen LogP contribution in [0.25, 0.3) is 0 Å². The first-order valence-electron chi connectivity index (χ1n) is 8.39. The van der Waals surface area contributed by atoms with Crippen molar-refractivity contribution in [2.24, 2.45) is 0 Å². The molecule has 1 aliphatic heterocycles. The highest BCUT2D eigenvalue weighted by atomic mass is 35.5. The number of sulfonamides is 1. The maximum atomic E-state index is 12.9. The van der Waals surface area contributed by atoms with Crippen molar-refractivity contribution in [2.45, 2.75) is 4.90 Å². The van der Waals surface area contributed by atoms with E-state index in [1.54, 1.807) is 35.2 Å². The van der Waals surface area contributed by atoms with Gasteiger partial charge in [0.15, 0.2) is 6.61 Å². The van der Waals surface area contributed by atoms with Gasteiger partial charge in [0, 0.05) is 31.2 Å². The largest absolute Gasteiger partial charge is 0.484 e. The first kappa shape index (κ1) is 21.2. The second-order valence-corrected chi connectivity index (χ2v) is 9.21. The Morgan fingerprint density at radius 1 is 0.964 bits per heavy atom. The highest BCUT2D eigenvalue weighted by Crippen LogP contribution is 2.31. The lowest BCUT2D eigenvalue weighted by Crippen LogP contribution is -2.51. The van der Waals surface area contributed by atoms with E-state index in [1.807, 2.05) is 0 Å². The minimum absolute atomic E-state index is 0.0703. The molecule has 0 saturated carbocycles. The predicted octanol–water partition coefficient (Wildman–Crippen LogP) is 3.56. The van der Waals surface area contributed by atoms with E-state index in [2.05, 4.69) is 0 Å². The molecule has 1 saturated heterocycles. The molecular weight excluding hydrogens is 447 g/mol. The van der Waals surface area contributed by atoms with Crippen LogP contribution in [0.3, 0.4) is 0 Å². The lowest BCUT2D eigenvalue weighted by atomic mass is 10.3. The van der Waals surface area contributed by atoms with Gasteiger partial charge in [0.25, 0.3) is 5.91 Å². The van der Waals surface area contributed by atoms with E-state index in [4.69, 9.17) is 39.5 Å². The predicted molar refractivity (Wildman–Crippen MR) is 109 cm³/mol. The van der Waals surface area contributed by atoms with E-state index in [0.29, 0.717) is 10.8 Å². The van der Waals surface area contributed by atoms with E-state index < -0.39 is 10.0 Å². The van der Waals surface area contributed by atoms with E-state index in [-0.39, 0.29) is 53.6 Å². The topological polar surface area (TPSA) is 66.9 Å². The zero-order valence-corrected chi connectivity index (χ0v) is 17.7. The first-order valence-corrected chi connectivity index (χ1v) is 11.0. The molecule has 6 nitrogen and oxygen atoms in total. The molecule has 3 rings (SSSR count). The van der Waals surface area contributed by atoms with Gasteiger partial charge in [0.2, 0.25) is 10.0 Å². The summed E-state index contributed by atoms with van der Waals surface area (Å²) in [6.07, 6.45) is 0. The number of benzene rings is 2. The maximum absolute atomic E-state index is 12.9. The molecule has 0 spiro atoms. The molecule has 0 aromatic heterocycles. The molecule has 0 unspecified atom stereocenters. The molecule has 1 amide bonds. The summed E-state index contributed by atoms with van der Waals surface area (Å²) in [5.41, 5.74) is 0. The van der Waals surface area contributed by atoms with Gasteiger partial charge in [-0.2, -0.15) is 4.31 Å². The van der Waals surface area contributed by atoms with Crippen LogP contribution in [-0.4, -0.2) is 56.3 Å². The number of nitrogens with zero attached hydrogens (tertiary/aromatic N) is 2. The van der Waals surface area contributed by atoms with Gasteiger partial charge in [0.05, 0.1) is 10.0 Å². The average molecular weight is 464 g/mol. The van der Waals surface area contributed by atoms with Crippen LogP contribution in [0, 0.1) is 0 Å². The summed E-state index contributed by atoms with van der Waals surface area (Å²) in [5.74, 6) is 0.267. The van der Waals surface area contributed by atoms with Crippen LogP contribution < -0.4 is 4.74 Å². The second-order valence-electron chi connectivity index (χ2n) is 6.08. The number of amides is 1. The van der Waals surface area contributed by atoms with E-state index in [0.717, 1.165) is 0 Å². The minimum Gasteiger partial charge on any atom is -0.484 e. The standard InChI is InChI=1S/C18H17Cl3N2O4S/c19-13-3-1-4-14(11-13)27-12-17(24)22-7-9-23(10-8-22)28(25,26)18-15(20)5-2-6-16(18)21/h1-6,11H,7-10,12H2. The Morgan fingerprint density at radius 2 is 1.57 bits per heavy atom. The molecule has 0 atom stereocenters. The molecule has 1 aliphatic rings. The highest BCUT2D eigenvalue weighted by molar-refractivity contribution is 7.89. The van der Waals surface area contributed by atoms with Crippen molar-refractivity contribution in [3.8, 4) is 5.75 Å². The number of carbonyl (C=O) groups excluding carboxylic acids is 1. The van der Waals surface area contributed by atoms with Crippen LogP contribution in [0.5, 0.6) is 5.75 Å². The van der Waals surface area contributed by atoms with Gasteiger partial charge in [-0.1, -0.05) is 46.9 Å². The van der Waals surface area contributed by atoms with Gasteiger partial charge in [-0.25, -0.2) is 8.42 Å². The van der Waals surface area contributed by atoms with Crippen LogP contribution >= 0.6 is 34.8 Å². The van der Waals surface area contributed by atoms with E-state index in [9.17, 15) is 13.2 Å². The molecule has 1 fully saturated rings. The molecule has 0 aliphatic carbocycles. The van der Waals surface area contributed by atoms with Crippen LogP contribution in [0.4, 0.5) is 0 Å². The third kappa shape index (κ3) is 4.72.